The molecule has 2 saturated carbocycles. The van der Waals surface area contributed by atoms with Crippen molar-refractivity contribution in [3.05, 3.63) is 24.3 Å². The Morgan fingerprint density at radius 2 is 2.16 bits per heavy atom. The van der Waals surface area contributed by atoms with Crippen LogP contribution in [0.15, 0.2) is 24.3 Å². The van der Waals surface area contributed by atoms with Crippen molar-refractivity contribution in [3.8, 4) is 0 Å². The highest BCUT2D eigenvalue weighted by molar-refractivity contribution is 5.88. The summed E-state index contributed by atoms with van der Waals surface area (Å²) >= 11 is 0. The van der Waals surface area contributed by atoms with Gasteiger partial charge in [0.05, 0.1) is 13.2 Å². The van der Waals surface area contributed by atoms with Gasteiger partial charge in [0.25, 0.3) is 0 Å². The molecule has 0 aromatic rings. The van der Waals surface area contributed by atoms with Gasteiger partial charge in [-0.3, -0.25) is 0 Å². The number of ether oxygens (including phenoxy) is 1. The molecule has 1 N–H and O–H groups in total. The van der Waals surface area contributed by atoms with Gasteiger partial charge in [0, 0.05) is 17.4 Å². The predicted molar refractivity (Wildman–Crippen MR) is 74.5 cm³/mol. The zero-order valence-corrected chi connectivity index (χ0v) is 11.9. The number of aliphatic hydroxyl groups is 1. The lowest BCUT2D eigenvalue weighted by Crippen LogP contribution is -2.48. The second-order valence-corrected chi connectivity index (χ2v) is 6.30. The second-order valence-electron chi connectivity index (χ2n) is 6.30. The molecule has 4 unspecified atom stereocenters. The lowest BCUT2D eigenvalue weighted by Gasteiger charge is -2.51. The number of esters is 1. The summed E-state index contributed by atoms with van der Waals surface area (Å²) in [5.74, 6) is -0.518. The van der Waals surface area contributed by atoms with E-state index in [4.69, 9.17) is 4.74 Å². The molecule has 0 aromatic heterocycles. The molecule has 2 rings (SSSR count). The van der Waals surface area contributed by atoms with Crippen LogP contribution < -0.4 is 0 Å². The van der Waals surface area contributed by atoms with Gasteiger partial charge in [0.2, 0.25) is 0 Å². The van der Waals surface area contributed by atoms with Crippen LogP contribution in [-0.4, -0.2) is 24.3 Å². The number of methoxy groups -OCH3 is 1. The third kappa shape index (κ3) is 2.36. The Balaban J connectivity index is 2.22. The Labute approximate surface area is 115 Å². The maximum Gasteiger partial charge on any atom is 0.333 e. The maximum atomic E-state index is 11.6. The molecule has 0 aliphatic heterocycles. The van der Waals surface area contributed by atoms with E-state index in [1.165, 1.54) is 7.11 Å². The van der Waals surface area contributed by atoms with Crippen LogP contribution in [0.1, 0.15) is 39.0 Å². The van der Waals surface area contributed by atoms with E-state index in [9.17, 15) is 9.90 Å². The predicted octanol–water partition coefficient (Wildman–Crippen LogP) is 2.85. The second kappa shape index (κ2) is 5.12. The van der Waals surface area contributed by atoms with Crippen LogP contribution in [-0.2, 0) is 9.53 Å². The van der Waals surface area contributed by atoms with Crippen LogP contribution in [0.4, 0.5) is 0 Å². The van der Waals surface area contributed by atoms with Crippen molar-refractivity contribution in [2.75, 3.05) is 7.11 Å². The molecule has 0 aromatic carbocycles. The van der Waals surface area contributed by atoms with E-state index >= 15 is 0 Å². The molecule has 3 heteroatoms. The standard InChI is InChI=1S/C16H24O3/c1-10-6-5-8-16(3)9-7-12(14(17)13(10)16)11(2)15(18)19-4/h12-14,17H,1-2,5-9H2,3-4H3. The van der Waals surface area contributed by atoms with E-state index in [1.54, 1.807) is 0 Å². The maximum absolute atomic E-state index is 11.6. The molecule has 0 spiro atoms. The van der Waals surface area contributed by atoms with E-state index in [2.05, 4.69) is 20.1 Å². The van der Waals surface area contributed by atoms with Gasteiger partial charge in [-0.2, -0.15) is 0 Å². The summed E-state index contributed by atoms with van der Waals surface area (Å²) in [6.07, 6.45) is 4.52. The first kappa shape index (κ1) is 14.3. The first-order valence-electron chi connectivity index (χ1n) is 7.03. The van der Waals surface area contributed by atoms with Crippen molar-refractivity contribution in [1.82, 2.24) is 0 Å². The zero-order chi connectivity index (χ0) is 14.2. The average molecular weight is 264 g/mol. The van der Waals surface area contributed by atoms with E-state index in [0.717, 1.165) is 37.7 Å². The molecule has 2 aliphatic rings. The van der Waals surface area contributed by atoms with Crippen molar-refractivity contribution in [3.63, 3.8) is 0 Å². The van der Waals surface area contributed by atoms with Crippen LogP contribution in [0.3, 0.4) is 0 Å². The lowest BCUT2D eigenvalue weighted by molar-refractivity contribution is -0.138. The van der Waals surface area contributed by atoms with E-state index in [-0.39, 0.29) is 17.3 Å². The highest BCUT2D eigenvalue weighted by atomic mass is 16.5. The first-order valence-corrected chi connectivity index (χ1v) is 7.03. The van der Waals surface area contributed by atoms with Crippen LogP contribution in [0.5, 0.6) is 0 Å². The fraction of sp³-hybridized carbons (Fsp3) is 0.688. The largest absolute Gasteiger partial charge is 0.466 e. The minimum absolute atomic E-state index is 0.0846. The molecule has 0 heterocycles. The van der Waals surface area contributed by atoms with Crippen LogP contribution >= 0.6 is 0 Å². The lowest BCUT2D eigenvalue weighted by atomic mass is 9.55. The van der Waals surface area contributed by atoms with Gasteiger partial charge in [0.15, 0.2) is 0 Å². The smallest absolute Gasteiger partial charge is 0.333 e. The number of hydrogen-bond acceptors (Lipinski definition) is 3. The number of fused-ring (bicyclic) bond motifs is 1. The summed E-state index contributed by atoms with van der Waals surface area (Å²) in [5.41, 5.74) is 1.65. The molecule has 0 radical (unpaired) electrons. The van der Waals surface area contributed by atoms with E-state index in [1.807, 2.05) is 0 Å². The Hall–Kier alpha value is -1.09. The third-order valence-corrected chi connectivity index (χ3v) is 5.11. The monoisotopic (exact) mass is 264 g/mol. The number of hydrogen-bond donors (Lipinski definition) is 1. The molecule has 4 atom stereocenters. The minimum Gasteiger partial charge on any atom is -0.466 e. The number of carbonyl (C=O) groups is 1. The Morgan fingerprint density at radius 1 is 1.47 bits per heavy atom. The molecule has 0 bridgehead atoms. The molecule has 106 valence electrons. The summed E-state index contributed by atoms with van der Waals surface area (Å²) in [4.78, 5) is 11.6. The number of aliphatic hydroxyl groups excluding tert-OH is 1. The van der Waals surface area contributed by atoms with Gasteiger partial charge in [-0.05, 0) is 37.5 Å². The van der Waals surface area contributed by atoms with Crippen LogP contribution in [0.2, 0.25) is 0 Å². The van der Waals surface area contributed by atoms with Crippen molar-refractivity contribution in [2.24, 2.45) is 17.3 Å². The highest BCUT2D eigenvalue weighted by Gasteiger charge is 2.49. The van der Waals surface area contributed by atoms with Gasteiger partial charge in [-0.1, -0.05) is 25.7 Å². The Bertz CT molecular complexity index is 412. The molecular weight excluding hydrogens is 240 g/mol. The van der Waals surface area contributed by atoms with Gasteiger partial charge in [-0.25, -0.2) is 4.79 Å². The number of rotatable bonds is 2. The van der Waals surface area contributed by atoms with Crippen molar-refractivity contribution in [1.29, 1.82) is 0 Å². The molecule has 2 aliphatic carbocycles. The summed E-state index contributed by atoms with van der Waals surface area (Å²) in [6, 6.07) is 0. The van der Waals surface area contributed by atoms with Crippen LogP contribution in [0.25, 0.3) is 0 Å². The molecular formula is C16H24O3. The summed E-state index contributed by atoms with van der Waals surface area (Å²) in [5, 5.41) is 10.7. The Morgan fingerprint density at radius 3 is 2.79 bits per heavy atom. The minimum atomic E-state index is -0.557. The van der Waals surface area contributed by atoms with Gasteiger partial charge < -0.3 is 9.84 Å². The molecule has 0 saturated heterocycles. The fourth-order valence-corrected chi connectivity index (χ4v) is 4.01. The molecule has 19 heavy (non-hydrogen) atoms. The Kier molecular flexibility index (Phi) is 3.86. The number of carbonyl (C=O) groups excluding carboxylic acids is 1. The molecule has 3 nitrogen and oxygen atoms in total. The normalized spacial score (nSPS) is 38.5. The summed E-state index contributed by atoms with van der Waals surface area (Å²) in [6.45, 7) is 10.2. The topological polar surface area (TPSA) is 46.5 Å². The molecule has 0 amide bonds. The van der Waals surface area contributed by atoms with Gasteiger partial charge >= 0.3 is 5.97 Å². The van der Waals surface area contributed by atoms with Crippen molar-refractivity contribution < 1.29 is 14.6 Å². The summed E-state index contributed by atoms with van der Waals surface area (Å²) < 4.78 is 4.73. The zero-order valence-electron chi connectivity index (χ0n) is 11.9. The van der Waals surface area contributed by atoms with Crippen LogP contribution in [0, 0.1) is 17.3 Å². The third-order valence-electron chi connectivity index (χ3n) is 5.11. The van der Waals surface area contributed by atoms with Gasteiger partial charge in [-0.15, -0.1) is 0 Å². The highest BCUT2D eigenvalue weighted by Crippen LogP contribution is 2.54. The SMILES string of the molecule is C=C(C(=O)OC)C1CCC2(C)CCCC(=C)C2C1O. The average Bonchev–Trinajstić information content (AvgIpc) is 2.37. The van der Waals surface area contributed by atoms with Crippen molar-refractivity contribution >= 4 is 5.97 Å². The first-order chi connectivity index (χ1) is 8.90. The quantitative estimate of drug-likeness (QED) is 0.474. The van der Waals surface area contributed by atoms with E-state index < -0.39 is 12.1 Å². The summed E-state index contributed by atoms with van der Waals surface area (Å²) in [7, 11) is 1.35. The van der Waals surface area contributed by atoms with Crippen molar-refractivity contribution in [2.45, 2.75) is 45.1 Å². The van der Waals surface area contributed by atoms with Gasteiger partial charge in [0.1, 0.15) is 0 Å². The molecule has 2 fully saturated rings. The fourth-order valence-electron chi connectivity index (χ4n) is 4.01. The van der Waals surface area contributed by atoms with E-state index in [0.29, 0.717) is 5.57 Å².